The average molecular weight is 484 g/mol. The minimum absolute atomic E-state index is 0.0246. The molecular formula is C20H22ClN3O5S2. The Kier molecular flexibility index (Phi) is 7.34. The van der Waals surface area contributed by atoms with Gasteiger partial charge in [-0.05, 0) is 35.7 Å². The van der Waals surface area contributed by atoms with Gasteiger partial charge in [0.05, 0.1) is 9.77 Å². The van der Waals surface area contributed by atoms with Crippen molar-refractivity contribution in [2.45, 2.75) is 23.6 Å². The Morgan fingerprint density at radius 2 is 1.68 bits per heavy atom. The van der Waals surface area contributed by atoms with Crippen LogP contribution in [0, 0.1) is 0 Å². The summed E-state index contributed by atoms with van der Waals surface area (Å²) in [6.07, 6.45) is 0.360. The second-order valence-electron chi connectivity index (χ2n) is 6.89. The fraction of sp³-hybridized carbons (Fsp3) is 0.350. The Bertz CT molecular complexity index is 1050. The number of halogens is 1. The number of hydrogen-bond acceptors (Lipinski definition) is 6. The van der Waals surface area contributed by atoms with E-state index in [1.165, 1.54) is 29.2 Å². The Balaban J connectivity index is 1.86. The predicted octanol–water partition coefficient (Wildman–Crippen LogP) is 2.01. The molecule has 166 valence electrons. The first-order valence-corrected chi connectivity index (χ1v) is 12.4. The lowest BCUT2D eigenvalue weighted by atomic mass is 10.2. The molecule has 1 aromatic carbocycles. The molecule has 11 heteroatoms. The van der Waals surface area contributed by atoms with Gasteiger partial charge in [0.25, 0.3) is 11.8 Å². The molecule has 0 bridgehead atoms. The smallest absolute Gasteiger partial charge is 0.262 e. The lowest BCUT2D eigenvalue weighted by Gasteiger charge is -2.36. The van der Waals surface area contributed by atoms with Gasteiger partial charge in [0.1, 0.15) is 0 Å². The van der Waals surface area contributed by atoms with Crippen molar-refractivity contribution in [3.05, 3.63) is 51.7 Å². The predicted molar refractivity (Wildman–Crippen MR) is 118 cm³/mol. The van der Waals surface area contributed by atoms with E-state index in [0.717, 1.165) is 11.3 Å². The van der Waals surface area contributed by atoms with Gasteiger partial charge in [0.15, 0.2) is 0 Å². The first-order chi connectivity index (χ1) is 14.7. The molecule has 0 radical (unpaired) electrons. The molecule has 1 atom stereocenters. The first-order valence-electron chi connectivity index (χ1n) is 9.64. The first kappa shape index (κ1) is 23.2. The molecule has 1 aliphatic heterocycles. The zero-order chi connectivity index (χ0) is 22.6. The number of sulfone groups is 1. The number of rotatable bonds is 6. The van der Waals surface area contributed by atoms with Crippen molar-refractivity contribution in [1.82, 2.24) is 15.1 Å². The molecule has 0 aliphatic carbocycles. The molecule has 3 rings (SSSR count). The van der Waals surface area contributed by atoms with Crippen LogP contribution in [0.5, 0.6) is 0 Å². The fourth-order valence-electron chi connectivity index (χ4n) is 3.20. The van der Waals surface area contributed by atoms with Gasteiger partial charge in [-0.2, -0.15) is 0 Å². The van der Waals surface area contributed by atoms with Crippen LogP contribution in [0.25, 0.3) is 0 Å². The SMILES string of the molecule is CCC(=O)N1CCN(C(=O)[C@@H](NC(=O)c2cccs2)S(=O)(=O)c2ccc(Cl)cc2)CC1. The summed E-state index contributed by atoms with van der Waals surface area (Å²) in [6, 6.07) is 8.62. The maximum Gasteiger partial charge on any atom is 0.262 e. The van der Waals surface area contributed by atoms with Gasteiger partial charge >= 0.3 is 0 Å². The number of piperazine rings is 1. The van der Waals surface area contributed by atoms with Crippen LogP contribution in [-0.2, 0) is 19.4 Å². The Labute approximate surface area is 189 Å². The highest BCUT2D eigenvalue weighted by Crippen LogP contribution is 2.21. The number of carbonyl (C=O) groups excluding carboxylic acids is 3. The number of nitrogens with zero attached hydrogens (tertiary/aromatic N) is 2. The highest BCUT2D eigenvalue weighted by molar-refractivity contribution is 7.92. The van der Waals surface area contributed by atoms with Gasteiger partial charge in [-0.15, -0.1) is 11.3 Å². The number of nitrogens with one attached hydrogen (secondary N) is 1. The Morgan fingerprint density at radius 1 is 1.06 bits per heavy atom. The minimum Gasteiger partial charge on any atom is -0.339 e. The summed E-state index contributed by atoms with van der Waals surface area (Å²) in [6.45, 7) is 2.75. The molecular weight excluding hydrogens is 462 g/mol. The molecule has 2 aromatic rings. The molecule has 0 spiro atoms. The number of hydrogen-bond donors (Lipinski definition) is 1. The summed E-state index contributed by atoms with van der Waals surface area (Å²) in [7, 11) is -4.24. The third-order valence-electron chi connectivity index (χ3n) is 4.93. The van der Waals surface area contributed by atoms with Crippen LogP contribution in [0.2, 0.25) is 5.02 Å². The van der Waals surface area contributed by atoms with E-state index in [-0.39, 0.29) is 23.9 Å². The van der Waals surface area contributed by atoms with E-state index >= 15 is 0 Å². The summed E-state index contributed by atoms with van der Waals surface area (Å²) in [5.74, 6) is -1.41. The summed E-state index contributed by atoms with van der Waals surface area (Å²) in [4.78, 5) is 40.9. The number of carbonyl (C=O) groups is 3. The van der Waals surface area contributed by atoms with Crippen LogP contribution >= 0.6 is 22.9 Å². The molecule has 0 saturated carbocycles. The quantitative estimate of drug-likeness (QED) is 0.676. The Hall–Kier alpha value is -2.43. The van der Waals surface area contributed by atoms with Gasteiger partial charge in [0.2, 0.25) is 21.1 Å². The number of thiophene rings is 1. The van der Waals surface area contributed by atoms with Crippen molar-refractivity contribution in [3.63, 3.8) is 0 Å². The zero-order valence-corrected chi connectivity index (χ0v) is 19.2. The van der Waals surface area contributed by atoms with Crippen LogP contribution in [-0.4, -0.2) is 67.5 Å². The van der Waals surface area contributed by atoms with Crippen molar-refractivity contribution in [3.8, 4) is 0 Å². The molecule has 2 heterocycles. The number of amides is 3. The van der Waals surface area contributed by atoms with E-state index in [1.54, 1.807) is 29.3 Å². The van der Waals surface area contributed by atoms with Crippen molar-refractivity contribution in [2.75, 3.05) is 26.2 Å². The van der Waals surface area contributed by atoms with E-state index in [0.29, 0.717) is 29.4 Å². The highest BCUT2D eigenvalue weighted by atomic mass is 35.5. The second kappa shape index (κ2) is 9.80. The van der Waals surface area contributed by atoms with Crippen LogP contribution in [0.4, 0.5) is 0 Å². The number of benzene rings is 1. The maximum atomic E-state index is 13.3. The summed E-state index contributed by atoms with van der Waals surface area (Å²) >= 11 is 7.00. The monoisotopic (exact) mass is 483 g/mol. The van der Waals surface area contributed by atoms with Crippen molar-refractivity contribution in [2.24, 2.45) is 0 Å². The summed E-state index contributed by atoms with van der Waals surface area (Å²) < 4.78 is 26.6. The summed E-state index contributed by atoms with van der Waals surface area (Å²) in [5, 5.41) is 2.63. The highest BCUT2D eigenvalue weighted by Gasteiger charge is 2.39. The van der Waals surface area contributed by atoms with E-state index < -0.39 is 27.0 Å². The van der Waals surface area contributed by atoms with E-state index in [2.05, 4.69) is 5.32 Å². The lowest BCUT2D eigenvalue weighted by Crippen LogP contribution is -2.57. The topological polar surface area (TPSA) is 104 Å². The third kappa shape index (κ3) is 5.25. The summed E-state index contributed by atoms with van der Waals surface area (Å²) in [5.41, 5.74) is 0. The van der Waals surface area contributed by atoms with Crippen molar-refractivity contribution >= 4 is 50.5 Å². The van der Waals surface area contributed by atoms with Crippen LogP contribution in [0.1, 0.15) is 23.0 Å². The molecule has 0 unspecified atom stereocenters. The average Bonchev–Trinajstić information content (AvgIpc) is 3.32. The van der Waals surface area contributed by atoms with Crippen LogP contribution in [0.15, 0.2) is 46.7 Å². The lowest BCUT2D eigenvalue weighted by molar-refractivity contribution is -0.139. The van der Waals surface area contributed by atoms with E-state index in [1.807, 2.05) is 0 Å². The largest absolute Gasteiger partial charge is 0.339 e. The van der Waals surface area contributed by atoms with Crippen LogP contribution in [0.3, 0.4) is 0 Å². The van der Waals surface area contributed by atoms with Crippen molar-refractivity contribution < 1.29 is 22.8 Å². The van der Waals surface area contributed by atoms with Gasteiger partial charge in [-0.1, -0.05) is 24.6 Å². The van der Waals surface area contributed by atoms with Gasteiger partial charge in [-0.3, -0.25) is 14.4 Å². The molecule has 1 fully saturated rings. The molecule has 8 nitrogen and oxygen atoms in total. The molecule has 31 heavy (non-hydrogen) atoms. The van der Waals surface area contributed by atoms with Gasteiger partial charge in [-0.25, -0.2) is 8.42 Å². The standard InChI is InChI=1S/C20H22ClN3O5S2/c1-2-17(25)23-9-11-24(12-10-23)20(27)19(22-18(26)16-4-3-13-30-16)31(28,29)15-7-5-14(21)6-8-15/h3-8,13,19H,2,9-12H2,1H3,(H,22,26)/t19-/m0/s1. The minimum atomic E-state index is -4.24. The second-order valence-corrected chi connectivity index (χ2v) is 10.3. The van der Waals surface area contributed by atoms with Gasteiger partial charge in [0, 0.05) is 37.6 Å². The molecule has 1 saturated heterocycles. The van der Waals surface area contributed by atoms with Crippen molar-refractivity contribution in [1.29, 1.82) is 0 Å². The molecule has 1 N–H and O–H groups in total. The molecule has 1 aliphatic rings. The van der Waals surface area contributed by atoms with E-state index in [4.69, 9.17) is 11.6 Å². The Morgan fingerprint density at radius 3 is 2.23 bits per heavy atom. The molecule has 1 aromatic heterocycles. The zero-order valence-electron chi connectivity index (χ0n) is 16.8. The fourth-order valence-corrected chi connectivity index (χ4v) is 5.41. The maximum absolute atomic E-state index is 13.3. The normalized spacial score (nSPS) is 15.4. The third-order valence-corrected chi connectivity index (χ3v) is 7.92. The van der Waals surface area contributed by atoms with E-state index in [9.17, 15) is 22.8 Å². The van der Waals surface area contributed by atoms with Gasteiger partial charge < -0.3 is 15.1 Å². The van der Waals surface area contributed by atoms with Crippen LogP contribution < -0.4 is 5.32 Å². The molecule has 3 amide bonds.